The number of nitrogens with two attached hydrogens (primary N) is 1. The van der Waals surface area contributed by atoms with Gasteiger partial charge in [0, 0.05) is 10.2 Å². The van der Waals surface area contributed by atoms with Crippen LogP contribution in [0.1, 0.15) is 15.4 Å². The lowest BCUT2D eigenvalue weighted by Gasteiger charge is -2.06. The number of carbonyl (C=O) groups is 1. The van der Waals surface area contributed by atoms with E-state index < -0.39 is 0 Å². The summed E-state index contributed by atoms with van der Waals surface area (Å²) in [5, 5.41) is 6.56. The topological polar surface area (TPSA) is 80.9 Å². The number of hydrogen-bond donors (Lipinski definition) is 2. The fraction of sp³-hybridized carbons (Fsp3) is 0.100. The van der Waals surface area contributed by atoms with Crippen LogP contribution in [0.2, 0.25) is 0 Å². The Bertz CT molecular complexity index is 569. The maximum Gasteiger partial charge on any atom is 0.269 e. The number of aryl methyl sites for hydroxylation is 1. The van der Waals surface area contributed by atoms with E-state index in [1.54, 1.807) is 25.1 Å². The first-order chi connectivity index (χ1) is 8.08. The van der Waals surface area contributed by atoms with Crippen LogP contribution in [0.5, 0.6) is 0 Å². The van der Waals surface area contributed by atoms with Crippen LogP contribution in [-0.2, 0) is 0 Å². The number of nitrogen functional groups attached to an aromatic ring is 1. The van der Waals surface area contributed by atoms with Crippen LogP contribution in [0.25, 0.3) is 0 Å². The minimum atomic E-state index is -0.219. The Kier molecular flexibility index (Phi) is 3.39. The molecule has 0 fully saturated rings. The molecule has 1 heterocycles. The minimum Gasteiger partial charge on any atom is -0.399 e. The van der Waals surface area contributed by atoms with Gasteiger partial charge in [-0.15, -0.1) is 5.10 Å². The number of nitrogens with zero attached hydrogens (tertiary/aromatic N) is 2. The second kappa shape index (κ2) is 4.80. The molecule has 17 heavy (non-hydrogen) atoms. The molecule has 0 bridgehead atoms. The van der Waals surface area contributed by atoms with Crippen molar-refractivity contribution in [2.45, 2.75) is 6.92 Å². The number of benzene rings is 1. The Balaban J connectivity index is 2.22. The van der Waals surface area contributed by atoms with Gasteiger partial charge in [0.05, 0.1) is 11.4 Å². The lowest BCUT2D eigenvalue weighted by molar-refractivity contribution is 0.102. The molecule has 7 heteroatoms. The number of anilines is 2. The first kappa shape index (κ1) is 12.0. The van der Waals surface area contributed by atoms with Gasteiger partial charge in [0.2, 0.25) is 0 Å². The molecule has 2 rings (SSSR count). The molecule has 1 aromatic carbocycles. The number of amides is 1. The van der Waals surface area contributed by atoms with Gasteiger partial charge in [-0.2, -0.15) is 0 Å². The molecule has 1 aromatic heterocycles. The number of carbonyl (C=O) groups excluding carboxylic acids is 1. The smallest absolute Gasteiger partial charge is 0.269 e. The Labute approximate surface area is 110 Å². The number of rotatable bonds is 2. The van der Waals surface area contributed by atoms with E-state index >= 15 is 0 Å². The number of aromatic nitrogens is 2. The molecular weight excluding hydrogens is 304 g/mol. The molecule has 88 valence electrons. The Morgan fingerprint density at radius 2 is 2.29 bits per heavy atom. The highest BCUT2D eigenvalue weighted by molar-refractivity contribution is 9.10. The fourth-order valence-electron chi connectivity index (χ4n) is 1.25. The van der Waals surface area contributed by atoms with Crippen LogP contribution in [0.15, 0.2) is 22.7 Å². The Morgan fingerprint density at radius 3 is 2.88 bits per heavy atom. The van der Waals surface area contributed by atoms with Gasteiger partial charge >= 0.3 is 0 Å². The summed E-state index contributed by atoms with van der Waals surface area (Å²) in [6, 6.07) is 5.19. The molecule has 0 radical (unpaired) electrons. The molecular formula is C10H9BrN4OS. The normalized spacial score (nSPS) is 10.2. The molecule has 0 aliphatic rings. The van der Waals surface area contributed by atoms with Crippen molar-refractivity contribution in [1.82, 2.24) is 9.59 Å². The van der Waals surface area contributed by atoms with Crippen LogP contribution < -0.4 is 11.1 Å². The van der Waals surface area contributed by atoms with Gasteiger partial charge in [0.25, 0.3) is 5.91 Å². The molecule has 0 aliphatic heterocycles. The van der Waals surface area contributed by atoms with Crippen molar-refractivity contribution in [2.75, 3.05) is 11.1 Å². The highest BCUT2D eigenvalue weighted by atomic mass is 79.9. The summed E-state index contributed by atoms with van der Waals surface area (Å²) in [6.07, 6.45) is 0. The van der Waals surface area contributed by atoms with Crippen molar-refractivity contribution in [1.29, 1.82) is 0 Å². The Hall–Kier alpha value is -1.47. The zero-order chi connectivity index (χ0) is 12.4. The molecule has 5 nitrogen and oxygen atoms in total. The fourth-order valence-corrected chi connectivity index (χ4v) is 2.30. The average molecular weight is 313 g/mol. The molecule has 0 saturated heterocycles. The van der Waals surface area contributed by atoms with E-state index in [0.717, 1.165) is 16.0 Å². The third-order valence-electron chi connectivity index (χ3n) is 2.10. The van der Waals surface area contributed by atoms with E-state index in [4.69, 9.17) is 5.73 Å². The highest BCUT2D eigenvalue weighted by Gasteiger charge is 2.14. The van der Waals surface area contributed by atoms with Gasteiger partial charge in [0.15, 0.2) is 0 Å². The maximum atomic E-state index is 11.9. The molecule has 0 saturated carbocycles. The summed E-state index contributed by atoms with van der Waals surface area (Å²) < 4.78 is 4.46. The molecule has 2 aromatic rings. The second-order valence-corrected chi connectivity index (χ2v) is 4.99. The van der Waals surface area contributed by atoms with Gasteiger partial charge in [0.1, 0.15) is 4.88 Å². The minimum absolute atomic E-state index is 0.219. The first-order valence-electron chi connectivity index (χ1n) is 4.73. The predicted octanol–water partition coefficient (Wildman–Crippen LogP) is 2.44. The van der Waals surface area contributed by atoms with E-state index in [1.807, 2.05) is 0 Å². The highest BCUT2D eigenvalue weighted by Crippen LogP contribution is 2.25. The van der Waals surface area contributed by atoms with E-state index in [1.165, 1.54) is 0 Å². The van der Waals surface area contributed by atoms with Gasteiger partial charge in [-0.3, -0.25) is 4.79 Å². The van der Waals surface area contributed by atoms with Gasteiger partial charge in [-0.25, -0.2) is 0 Å². The molecule has 1 amide bonds. The van der Waals surface area contributed by atoms with Crippen LogP contribution >= 0.6 is 27.5 Å². The summed E-state index contributed by atoms with van der Waals surface area (Å²) in [5.74, 6) is -0.219. The standard InChI is InChI=1S/C10H9BrN4OS/c1-5-9(17-15-14-5)10(16)13-8-3-2-6(12)4-7(8)11/h2-4H,12H2,1H3,(H,13,16). The summed E-state index contributed by atoms with van der Waals surface area (Å²) >= 11 is 4.41. The van der Waals surface area contributed by atoms with Gasteiger partial charge in [-0.05, 0) is 52.6 Å². The van der Waals surface area contributed by atoms with Gasteiger partial charge < -0.3 is 11.1 Å². The summed E-state index contributed by atoms with van der Waals surface area (Å²) in [6.45, 7) is 1.75. The first-order valence-corrected chi connectivity index (χ1v) is 6.30. The second-order valence-electron chi connectivity index (χ2n) is 3.38. The molecule has 3 N–H and O–H groups in total. The van der Waals surface area contributed by atoms with Crippen molar-refractivity contribution in [3.63, 3.8) is 0 Å². The molecule has 0 spiro atoms. The van der Waals surface area contributed by atoms with E-state index in [0.29, 0.717) is 21.9 Å². The lowest BCUT2D eigenvalue weighted by Crippen LogP contribution is -2.12. The molecule has 0 unspecified atom stereocenters. The Morgan fingerprint density at radius 1 is 1.53 bits per heavy atom. The van der Waals surface area contributed by atoms with Crippen LogP contribution in [0.4, 0.5) is 11.4 Å². The third-order valence-corrected chi connectivity index (χ3v) is 3.58. The van der Waals surface area contributed by atoms with Crippen molar-refractivity contribution < 1.29 is 4.79 Å². The number of hydrogen-bond acceptors (Lipinski definition) is 5. The van der Waals surface area contributed by atoms with E-state index in [-0.39, 0.29) is 5.91 Å². The van der Waals surface area contributed by atoms with Crippen molar-refractivity contribution in [2.24, 2.45) is 0 Å². The zero-order valence-electron chi connectivity index (χ0n) is 8.90. The quantitative estimate of drug-likeness (QED) is 0.835. The van der Waals surface area contributed by atoms with Crippen molar-refractivity contribution in [3.8, 4) is 0 Å². The third kappa shape index (κ3) is 2.62. The van der Waals surface area contributed by atoms with Crippen LogP contribution in [0.3, 0.4) is 0 Å². The summed E-state index contributed by atoms with van der Waals surface area (Å²) in [7, 11) is 0. The summed E-state index contributed by atoms with van der Waals surface area (Å²) in [5.41, 5.74) is 7.53. The average Bonchev–Trinajstić information content (AvgIpc) is 2.68. The van der Waals surface area contributed by atoms with E-state index in [2.05, 4.69) is 30.8 Å². The summed E-state index contributed by atoms with van der Waals surface area (Å²) in [4.78, 5) is 12.4. The van der Waals surface area contributed by atoms with Gasteiger partial charge in [-0.1, -0.05) is 4.49 Å². The lowest BCUT2D eigenvalue weighted by atomic mass is 10.3. The zero-order valence-corrected chi connectivity index (χ0v) is 11.3. The number of nitrogens with one attached hydrogen (secondary N) is 1. The van der Waals surface area contributed by atoms with E-state index in [9.17, 15) is 4.79 Å². The van der Waals surface area contributed by atoms with Crippen molar-refractivity contribution >= 4 is 44.7 Å². The maximum absolute atomic E-state index is 11.9. The van der Waals surface area contributed by atoms with Crippen LogP contribution in [0, 0.1) is 6.92 Å². The monoisotopic (exact) mass is 312 g/mol. The molecule has 0 aliphatic carbocycles. The van der Waals surface area contributed by atoms with Crippen molar-refractivity contribution in [3.05, 3.63) is 33.2 Å². The SMILES string of the molecule is Cc1nnsc1C(=O)Nc1ccc(N)cc1Br. The molecule has 0 atom stereocenters. The van der Waals surface area contributed by atoms with Crippen LogP contribution in [-0.4, -0.2) is 15.5 Å². The predicted molar refractivity (Wildman–Crippen MR) is 71.2 cm³/mol. The largest absolute Gasteiger partial charge is 0.399 e. The number of halogens is 1.